The van der Waals surface area contributed by atoms with Crippen LogP contribution < -0.4 is 10.6 Å². The molecule has 4 rings (SSSR count). The van der Waals surface area contributed by atoms with Gasteiger partial charge in [-0.1, -0.05) is 29.3 Å². The molecule has 34 heavy (non-hydrogen) atoms. The average Bonchev–Trinajstić information content (AvgIpc) is 2.83. The van der Waals surface area contributed by atoms with Crippen LogP contribution in [0.1, 0.15) is 45.0 Å². The molecule has 2 amide bonds. The third kappa shape index (κ3) is 4.78. The molecule has 2 N–H and O–H groups in total. The smallest absolute Gasteiger partial charge is 0.263 e. The number of halogens is 3. The van der Waals surface area contributed by atoms with Crippen LogP contribution >= 0.6 is 23.2 Å². The lowest BCUT2D eigenvalue weighted by Crippen LogP contribution is -2.30. The summed E-state index contributed by atoms with van der Waals surface area (Å²) in [5, 5.41) is 0.455. The fourth-order valence-corrected chi connectivity index (χ4v) is 4.55. The van der Waals surface area contributed by atoms with Crippen LogP contribution in [0.25, 0.3) is 11.1 Å². The molecule has 2 aromatic carbocycles. The number of nitrogens with two attached hydrogens (primary N) is 1. The molecule has 0 atom stereocenters. The molecule has 1 fully saturated rings. The maximum absolute atomic E-state index is 14.4. The van der Waals surface area contributed by atoms with Gasteiger partial charge in [-0.3, -0.25) is 14.5 Å². The molecule has 0 saturated carbocycles. The number of amides is 2. The van der Waals surface area contributed by atoms with Gasteiger partial charge in [0.05, 0.1) is 10.6 Å². The first-order chi connectivity index (χ1) is 16.3. The zero-order valence-corrected chi connectivity index (χ0v) is 19.9. The van der Waals surface area contributed by atoms with E-state index >= 15 is 0 Å². The Kier molecular flexibility index (Phi) is 7.16. The van der Waals surface area contributed by atoms with Crippen LogP contribution in [0.5, 0.6) is 0 Å². The van der Waals surface area contributed by atoms with Crippen molar-refractivity contribution < 1.29 is 18.7 Å². The van der Waals surface area contributed by atoms with Crippen molar-refractivity contribution in [2.75, 3.05) is 25.2 Å². The Labute approximate surface area is 206 Å². The molecule has 1 saturated heterocycles. The monoisotopic (exact) mass is 501 g/mol. The van der Waals surface area contributed by atoms with Crippen LogP contribution in [0.2, 0.25) is 10.0 Å². The van der Waals surface area contributed by atoms with Crippen molar-refractivity contribution in [1.29, 1.82) is 0 Å². The van der Waals surface area contributed by atoms with Crippen LogP contribution in [0, 0.1) is 5.82 Å². The van der Waals surface area contributed by atoms with E-state index in [1.54, 1.807) is 24.4 Å². The van der Waals surface area contributed by atoms with Crippen molar-refractivity contribution in [3.8, 4) is 11.1 Å². The van der Waals surface area contributed by atoms with Gasteiger partial charge < -0.3 is 10.5 Å². The van der Waals surface area contributed by atoms with Crippen LogP contribution in [0.15, 0.2) is 48.7 Å². The van der Waals surface area contributed by atoms with Crippen molar-refractivity contribution in [2.45, 2.75) is 18.8 Å². The minimum atomic E-state index is -0.705. The van der Waals surface area contributed by atoms with Gasteiger partial charge >= 0.3 is 0 Å². The first-order valence-corrected chi connectivity index (χ1v) is 11.4. The Morgan fingerprint density at radius 1 is 1.12 bits per heavy atom. The molecule has 176 valence electrons. The Hall–Kier alpha value is -3.00. The van der Waals surface area contributed by atoms with Crippen molar-refractivity contribution in [2.24, 2.45) is 5.73 Å². The Bertz CT molecular complexity index is 1240. The van der Waals surface area contributed by atoms with E-state index in [0.29, 0.717) is 40.7 Å². The summed E-state index contributed by atoms with van der Waals surface area (Å²) >= 11 is 12.6. The maximum Gasteiger partial charge on any atom is 0.263 e. The fraction of sp³-hybridized carbons (Fsp3) is 0.240. The highest BCUT2D eigenvalue weighted by Crippen LogP contribution is 2.38. The SMILES string of the molecule is CN(C(=O)c1c(F)cccc1Cl)c1ncc(-c2cc(C(N)=O)ccc2Cl)cc1C1CCOCC1. The molecular formula is C25H22Cl2FN3O3. The number of ether oxygens (including phenoxy) is 1. The maximum atomic E-state index is 14.4. The fourth-order valence-electron chi connectivity index (χ4n) is 4.08. The van der Waals surface area contributed by atoms with Gasteiger partial charge in [-0.25, -0.2) is 9.37 Å². The zero-order chi connectivity index (χ0) is 24.4. The number of hydrogen-bond donors (Lipinski definition) is 1. The highest BCUT2D eigenvalue weighted by Gasteiger charge is 2.27. The molecule has 2 heterocycles. The van der Waals surface area contributed by atoms with E-state index < -0.39 is 17.6 Å². The molecule has 1 aromatic heterocycles. The quantitative estimate of drug-likeness (QED) is 0.502. The van der Waals surface area contributed by atoms with E-state index in [2.05, 4.69) is 4.98 Å². The second-order valence-electron chi connectivity index (χ2n) is 8.04. The Balaban J connectivity index is 1.81. The summed E-state index contributed by atoms with van der Waals surface area (Å²) in [4.78, 5) is 30.8. The molecule has 3 aromatic rings. The van der Waals surface area contributed by atoms with Crippen LogP contribution in [-0.2, 0) is 4.74 Å². The van der Waals surface area contributed by atoms with E-state index in [1.165, 1.54) is 30.1 Å². The number of anilines is 1. The predicted molar refractivity (Wildman–Crippen MR) is 130 cm³/mol. The Morgan fingerprint density at radius 3 is 2.53 bits per heavy atom. The number of hydrogen-bond acceptors (Lipinski definition) is 4. The lowest BCUT2D eigenvalue weighted by Gasteiger charge is -2.28. The predicted octanol–water partition coefficient (Wildman–Crippen LogP) is 5.46. The van der Waals surface area contributed by atoms with E-state index in [4.69, 9.17) is 33.7 Å². The second-order valence-corrected chi connectivity index (χ2v) is 8.86. The molecule has 1 aliphatic heterocycles. The minimum Gasteiger partial charge on any atom is -0.381 e. The summed E-state index contributed by atoms with van der Waals surface area (Å²) in [5.74, 6) is -1.43. The van der Waals surface area contributed by atoms with Gasteiger partial charge in [-0.05, 0) is 60.7 Å². The highest BCUT2D eigenvalue weighted by molar-refractivity contribution is 6.34. The van der Waals surface area contributed by atoms with E-state index in [9.17, 15) is 14.0 Å². The lowest BCUT2D eigenvalue weighted by molar-refractivity contribution is 0.0853. The van der Waals surface area contributed by atoms with Crippen molar-refractivity contribution in [3.05, 3.63) is 81.2 Å². The van der Waals surface area contributed by atoms with Crippen molar-refractivity contribution in [1.82, 2.24) is 4.98 Å². The lowest BCUT2D eigenvalue weighted by atomic mass is 9.89. The van der Waals surface area contributed by atoms with Crippen LogP contribution in [-0.4, -0.2) is 37.1 Å². The Morgan fingerprint density at radius 2 is 1.85 bits per heavy atom. The van der Waals surface area contributed by atoms with Crippen LogP contribution in [0.4, 0.5) is 10.2 Å². The van der Waals surface area contributed by atoms with Crippen LogP contribution in [0.3, 0.4) is 0 Å². The topological polar surface area (TPSA) is 85.5 Å². The summed E-state index contributed by atoms with van der Waals surface area (Å²) in [6.07, 6.45) is 3.03. The second kappa shape index (κ2) is 10.1. The summed E-state index contributed by atoms with van der Waals surface area (Å²) in [6.45, 7) is 1.14. The molecule has 0 spiro atoms. The average molecular weight is 502 g/mol. The van der Waals surface area contributed by atoms with E-state index in [-0.39, 0.29) is 16.5 Å². The minimum absolute atomic E-state index is 0.0242. The number of rotatable bonds is 5. The molecule has 0 bridgehead atoms. The zero-order valence-electron chi connectivity index (χ0n) is 18.4. The summed E-state index contributed by atoms with van der Waals surface area (Å²) in [7, 11) is 1.54. The summed E-state index contributed by atoms with van der Waals surface area (Å²) < 4.78 is 19.9. The number of aromatic nitrogens is 1. The highest BCUT2D eigenvalue weighted by atomic mass is 35.5. The van der Waals surface area contributed by atoms with Crippen molar-refractivity contribution in [3.63, 3.8) is 0 Å². The number of carbonyl (C=O) groups is 2. The van der Waals surface area contributed by atoms with Gasteiger partial charge in [0.25, 0.3) is 5.91 Å². The van der Waals surface area contributed by atoms with Gasteiger partial charge in [0.2, 0.25) is 5.91 Å². The summed E-state index contributed by atoms with van der Waals surface area (Å²) in [5.41, 5.74) is 7.60. The normalized spacial score (nSPS) is 14.1. The number of benzene rings is 2. The molecular weight excluding hydrogens is 480 g/mol. The third-order valence-corrected chi connectivity index (χ3v) is 6.56. The molecule has 0 aliphatic carbocycles. The third-order valence-electron chi connectivity index (χ3n) is 5.92. The first-order valence-electron chi connectivity index (χ1n) is 10.7. The molecule has 9 heteroatoms. The molecule has 1 aliphatic rings. The molecule has 0 radical (unpaired) electrons. The molecule has 6 nitrogen and oxygen atoms in total. The number of carbonyl (C=O) groups excluding carboxylic acids is 2. The van der Waals surface area contributed by atoms with E-state index in [1.807, 2.05) is 6.07 Å². The van der Waals surface area contributed by atoms with Gasteiger partial charge in [0.15, 0.2) is 0 Å². The van der Waals surface area contributed by atoms with Gasteiger partial charge in [0, 0.05) is 48.2 Å². The number of nitrogens with zero attached hydrogens (tertiary/aromatic N) is 2. The largest absolute Gasteiger partial charge is 0.381 e. The summed E-state index contributed by atoms with van der Waals surface area (Å²) in [6, 6.07) is 10.8. The number of primary amides is 1. The van der Waals surface area contributed by atoms with E-state index in [0.717, 1.165) is 18.4 Å². The number of pyridine rings is 1. The van der Waals surface area contributed by atoms with Gasteiger partial charge in [-0.15, -0.1) is 0 Å². The van der Waals surface area contributed by atoms with Crippen molar-refractivity contribution >= 4 is 40.8 Å². The molecule has 0 unspecified atom stereocenters. The van der Waals surface area contributed by atoms with Gasteiger partial charge in [0.1, 0.15) is 11.6 Å². The first kappa shape index (κ1) is 24.1. The standard InChI is InChI=1S/C25H22Cl2FN3O3/c1-31(25(33)22-20(27)3-2-4-21(22)28)24-18(14-7-9-34-10-8-14)12-16(13-30-24)17-11-15(23(29)32)5-6-19(17)26/h2-6,11-14H,7-10H2,1H3,(H2,29,32). The van der Waals surface area contributed by atoms with Gasteiger partial charge in [-0.2, -0.15) is 0 Å².